The molecule has 0 bridgehead atoms. The van der Waals surface area contributed by atoms with Crippen molar-refractivity contribution in [2.45, 2.75) is 32.6 Å². The third-order valence-electron chi connectivity index (χ3n) is 2.51. The van der Waals surface area contributed by atoms with Gasteiger partial charge in [0.05, 0.1) is 0 Å². The molecule has 0 aliphatic heterocycles. The molecule has 2 nitrogen and oxygen atoms in total. The first-order valence-corrected chi connectivity index (χ1v) is 5.20. The molecule has 0 saturated carbocycles. The fourth-order valence-electron chi connectivity index (χ4n) is 2.06. The number of aromatic amines is 1. The van der Waals surface area contributed by atoms with Crippen LogP contribution < -0.4 is 4.87 Å². The van der Waals surface area contributed by atoms with Crippen molar-refractivity contribution in [1.82, 2.24) is 4.98 Å². The van der Waals surface area contributed by atoms with Crippen LogP contribution in [-0.4, -0.2) is 4.98 Å². The molecule has 0 saturated heterocycles. The van der Waals surface area contributed by atoms with Crippen LogP contribution in [0.25, 0.3) is 0 Å². The second-order valence-corrected chi connectivity index (χ2v) is 4.82. The van der Waals surface area contributed by atoms with Gasteiger partial charge in [-0.25, -0.2) is 0 Å². The van der Waals surface area contributed by atoms with Crippen molar-refractivity contribution in [3.8, 4) is 0 Å². The second kappa shape index (κ2) is 2.73. The second-order valence-electron chi connectivity index (χ2n) is 3.80. The molecule has 0 spiro atoms. The van der Waals surface area contributed by atoms with E-state index in [-0.39, 0.29) is 4.87 Å². The monoisotopic (exact) mass is 183 g/mol. The lowest BCUT2D eigenvalue weighted by molar-refractivity contribution is 0.449. The lowest BCUT2D eigenvalue weighted by Gasteiger charge is -2.22. The molecule has 1 N–H and O–H groups in total. The summed E-state index contributed by atoms with van der Waals surface area (Å²) in [6.45, 7) is 4.45. The van der Waals surface area contributed by atoms with Crippen LogP contribution in [0, 0.1) is 5.92 Å². The molecular formula is C9H13NOS. The van der Waals surface area contributed by atoms with Crippen LogP contribution in [0.1, 0.15) is 36.8 Å². The zero-order chi connectivity index (χ0) is 8.72. The minimum Gasteiger partial charge on any atom is -0.316 e. The van der Waals surface area contributed by atoms with E-state index in [2.05, 4.69) is 18.8 Å². The van der Waals surface area contributed by atoms with Crippen LogP contribution >= 0.6 is 11.3 Å². The Hall–Kier alpha value is -0.570. The molecule has 0 fully saturated rings. The molecule has 3 heteroatoms. The number of H-pyrrole nitrogens is 1. The summed E-state index contributed by atoms with van der Waals surface area (Å²) in [5.74, 6) is 1.30. The van der Waals surface area contributed by atoms with Crippen molar-refractivity contribution in [3.05, 3.63) is 20.2 Å². The molecule has 0 aromatic carbocycles. The summed E-state index contributed by atoms with van der Waals surface area (Å²) in [5.41, 5.74) is 1.19. The highest BCUT2D eigenvalue weighted by Crippen LogP contribution is 2.34. The summed E-state index contributed by atoms with van der Waals surface area (Å²) in [4.78, 5) is 15.4. The molecule has 1 aliphatic carbocycles. The maximum Gasteiger partial charge on any atom is 0.304 e. The van der Waals surface area contributed by atoms with Crippen LogP contribution in [0.2, 0.25) is 0 Å². The van der Waals surface area contributed by atoms with Gasteiger partial charge in [-0.1, -0.05) is 25.2 Å². The number of hydrogen-bond acceptors (Lipinski definition) is 2. The molecule has 1 aromatic heterocycles. The molecule has 1 heterocycles. The first kappa shape index (κ1) is 8.05. The van der Waals surface area contributed by atoms with Gasteiger partial charge >= 0.3 is 4.87 Å². The third-order valence-corrected chi connectivity index (χ3v) is 3.67. The number of nitrogens with one attached hydrogen (secondary N) is 1. The largest absolute Gasteiger partial charge is 0.316 e. The quantitative estimate of drug-likeness (QED) is 0.656. The number of hydrogen-bond donors (Lipinski definition) is 1. The predicted octanol–water partition coefficient (Wildman–Crippen LogP) is 2.12. The Balaban J connectivity index is 2.46. The van der Waals surface area contributed by atoms with Crippen LogP contribution in [-0.2, 0) is 6.42 Å². The first-order chi connectivity index (χ1) is 5.66. The van der Waals surface area contributed by atoms with Gasteiger partial charge in [0.2, 0.25) is 0 Å². The number of aromatic nitrogens is 1. The molecule has 2 rings (SSSR count). The van der Waals surface area contributed by atoms with Gasteiger partial charge < -0.3 is 4.98 Å². The Morgan fingerprint density at radius 3 is 3.00 bits per heavy atom. The van der Waals surface area contributed by atoms with Crippen molar-refractivity contribution in [2.75, 3.05) is 0 Å². The van der Waals surface area contributed by atoms with Crippen LogP contribution in [0.5, 0.6) is 0 Å². The Kier molecular flexibility index (Phi) is 1.83. The van der Waals surface area contributed by atoms with Gasteiger partial charge in [-0.3, -0.25) is 4.79 Å². The van der Waals surface area contributed by atoms with Gasteiger partial charge in [0.1, 0.15) is 0 Å². The van der Waals surface area contributed by atoms with E-state index in [4.69, 9.17) is 0 Å². The average Bonchev–Trinajstić information content (AvgIpc) is 2.29. The maximum absolute atomic E-state index is 11.1. The van der Waals surface area contributed by atoms with Crippen LogP contribution in [0.4, 0.5) is 0 Å². The highest BCUT2D eigenvalue weighted by atomic mass is 32.1. The number of rotatable bonds is 0. The van der Waals surface area contributed by atoms with E-state index < -0.39 is 0 Å². The summed E-state index contributed by atoms with van der Waals surface area (Å²) in [6, 6.07) is 0. The smallest absolute Gasteiger partial charge is 0.304 e. The third kappa shape index (κ3) is 1.22. The molecule has 66 valence electrons. The zero-order valence-corrected chi connectivity index (χ0v) is 8.20. The summed E-state index contributed by atoms with van der Waals surface area (Å²) in [7, 11) is 0. The van der Waals surface area contributed by atoms with Crippen LogP contribution in [0.3, 0.4) is 0 Å². The fourth-order valence-corrected chi connectivity index (χ4v) is 2.99. The van der Waals surface area contributed by atoms with E-state index in [1.807, 2.05) is 0 Å². The topological polar surface area (TPSA) is 32.9 Å². The van der Waals surface area contributed by atoms with E-state index in [0.29, 0.717) is 5.92 Å². The van der Waals surface area contributed by atoms with Crippen molar-refractivity contribution in [1.29, 1.82) is 0 Å². The first-order valence-electron chi connectivity index (χ1n) is 4.38. The normalized spacial score (nSPS) is 28.5. The molecule has 0 radical (unpaired) electrons. The molecule has 1 aromatic rings. The van der Waals surface area contributed by atoms with Gasteiger partial charge in [0.15, 0.2) is 0 Å². The standard InChI is InChI=1S/C9H13NOS/c1-5-3-6(2)8-7(4-5)10-9(11)12-8/h5-6H,3-4H2,1-2H3,(H,10,11). The fraction of sp³-hybridized carbons (Fsp3) is 0.667. The van der Waals surface area contributed by atoms with Gasteiger partial charge in [-0.2, -0.15) is 0 Å². The number of fused-ring (bicyclic) bond motifs is 1. The van der Waals surface area contributed by atoms with Crippen LogP contribution in [0.15, 0.2) is 4.79 Å². The molecule has 2 unspecified atom stereocenters. The van der Waals surface area contributed by atoms with Crippen molar-refractivity contribution in [2.24, 2.45) is 5.92 Å². The van der Waals surface area contributed by atoms with Crippen molar-refractivity contribution >= 4 is 11.3 Å². The Morgan fingerprint density at radius 2 is 2.25 bits per heavy atom. The summed E-state index contributed by atoms with van der Waals surface area (Å²) in [5, 5.41) is 0. The van der Waals surface area contributed by atoms with Crippen molar-refractivity contribution < 1.29 is 0 Å². The molecule has 1 aliphatic rings. The lowest BCUT2D eigenvalue weighted by atomic mass is 9.86. The summed E-state index contributed by atoms with van der Waals surface area (Å²) in [6.07, 6.45) is 2.28. The van der Waals surface area contributed by atoms with Gasteiger partial charge in [-0.15, -0.1) is 0 Å². The predicted molar refractivity (Wildman–Crippen MR) is 50.8 cm³/mol. The van der Waals surface area contributed by atoms with E-state index in [1.165, 1.54) is 28.3 Å². The minimum atomic E-state index is 0.112. The summed E-state index contributed by atoms with van der Waals surface area (Å²) < 4.78 is 0. The highest BCUT2D eigenvalue weighted by molar-refractivity contribution is 7.09. The lowest BCUT2D eigenvalue weighted by Crippen LogP contribution is -2.13. The molecular weight excluding hydrogens is 170 g/mol. The molecule has 12 heavy (non-hydrogen) atoms. The maximum atomic E-state index is 11.1. The summed E-state index contributed by atoms with van der Waals surface area (Å²) >= 11 is 1.39. The SMILES string of the molecule is CC1Cc2[nH]c(=O)sc2C(C)C1. The van der Waals surface area contributed by atoms with Gasteiger partial charge in [-0.05, 0) is 24.7 Å². The van der Waals surface area contributed by atoms with E-state index in [0.717, 1.165) is 12.3 Å². The van der Waals surface area contributed by atoms with Crippen molar-refractivity contribution in [3.63, 3.8) is 0 Å². The van der Waals surface area contributed by atoms with Gasteiger partial charge in [0, 0.05) is 10.6 Å². The highest BCUT2D eigenvalue weighted by Gasteiger charge is 2.23. The van der Waals surface area contributed by atoms with Gasteiger partial charge in [0.25, 0.3) is 0 Å². The zero-order valence-electron chi connectivity index (χ0n) is 7.39. The van der Waals surface area contributed by atoms with E-state index >= 15 is 0 Å². The molecule has 2 atom stereocenters. The number of thiazole rings is 1. The van der Waals surface area contributed by atoms with E-state index in [9.17, 15) is 4.79 Å². The molecule has 0 amide bonds. The Morgan fingerprint density at radius 1 is 1.50 bits per heavy atom. The van der Waals surface area contributed by atoms with E-state index in [1.54, 1.807) is 0 Å². The average molecular weight is 183 g/mol. The Bertz CT molecular complexity index is 339. The minimum absolute atomic E-state index is 0.112. The Labute approximate surface area is 75.6 Å².